The lowest BCUT2D eigenvalue weighted by atomic mass is 10.1. The smallest absolute Gasteiger partial charge is 0.174 e. The molecule has 2 rings (SSSR count). The third-order valence-corrected chi connectivity index (χ3v) is 2.86. The van der Waals surface area contributed by atoms with Crippen molar-refractivity contribution < 1.29 is 23.0 Å². The van der Waals surface area contributed by atoms with E-state index in [1.165, 1.54) is 20.3 Å². The monoisotopic (exact) mass is 259 g/mol. The van der Waals surface area contributed by atoms with E-state index in [2.05, 4.69) is 5.32 Å². The number of ether oxygens (including phenoxy) is 3. The second kappa shape index (κ2) is 5.49. The van der Waals surface area contributed by atoms with Crippen molar-refractivity contribution >= 4 is 0 Å². The molecule has 0 bridgehead atoms. The van der Waals surface area contributed by atoms with E-state index in [1.54, 1.807) is 0 Å². The van der Waals surface area contributed by atoms with Gasteiger partial charge in [0.25, 0.3) is 0 Å². The van der Waals surface area contributed by atoms with Crippen molar-refractivity contribution in [1.29, 1.82) is 0 Å². The van der Waals surface area contributed by atoms with Crippen molar-refractivity contribution in [2.75, 3.05) is 33.9 Å². The van der Waals surface area contributed by atoms with Crippen molar-refractivity contribution in [1.82, 2.24) is 5.32 Å². The number of methoxy groups -OCH3 is 2. The van der Waals surface area contributed by atoms with Gasteiger partial charge in [0.1, 0.15) is 6.10 Å². The first-order valence-corrected chi connectivity index (χ1v) is 5.61. The van der Waals surface area contributed by atoms with Gasteiger partial charge >= 0.3 is 0 Å². The average molecular weight is 259 g/mol. The largest absolute Gasteiger partial charge is 0.494 e. The molecule has 1 aliphatic rings. The Labute approximate surface area is 104 Å². The van der Waals surface area contributed by atoms with Gasteiger partial charge in [-0.1, -0.05) is 0 Å². The van der Waals surface area contributed by atoms with Gasteiger partial charge in [0, 0.05) is 19.2 Å². The molecular formula is C12H15F2NO3. The first kappa shape index (κ1) is 13.0. The fraction of sp³-hybridized carbons (Fsp3) is 0.500. The van der Waals surface area contributed by atoms with Crippen molar-refractivity contribution in [2.45, 2.75) is 6.10 Å². The van der Waals surface area contributed by atoms with Gasteiger partial charge in [0.05, 0.1) is 26.4 Å². The van der Waals surface area contributed by atoms with Crippen LogP contribution in [-0.2, 0) is 4.74 Å². The molecule has 18 heavy (non-hydrogen) atoms. The molecule has 0 saturated carbocycles. The maximum atomic E-state index is 14.1. The summed E-state index contributed by atoms with van der Waals surface area (Å²) in [5, 5.41) is 3.02. The van der Waals surface area contributed by atoms with E-state index in [9.17, 15) is 8.78 Å². The molecule has 0 aliphatic carbocycles. The zero-order chi connectivity index (χ0) is 13.1. The minimum atomic E-state index is -0.746. The van der Waals surface area contributed by atoms with E-state index in [1.807, 2.05) is 0 Å². The van der Waals surface area contributed by atoms with Crippen LogP contribution in [0, 0.1) is 11.6 Å². The summed E-state index contributed by atoms with van der Waals surface area (Å²) >= 11 is 0. The Bertz CT molecular complexity index is 406. The van der Waals surface area contributed by atoms with Gasteiger partial charge in [-0.2, -0.15) is 0 Å². The van der Waals surface area contributed by atoms with Crippen LogP contribution in [-0.4, -0.2) is 33.9 Å². The number of benzene rings is 1. The first-order valence-electron chi connectivity index (χ1n) is 5.61. The van der Waals surface area contributed by atoms with Gasteiger partial charge in [0.2, 0.25) is 0 Å². The van der Waals surface area contributed by atoms with Crippen LogP contribution in [0.3, 0.4) is 0 Å². The summed E-state index contributed by atoms with van der Waals surface area (Å²) in [7, 11) is 2.64. The molecule has 1 unspecified atom stereocenters. The van der Waals surface area contributed by atoms with E-state index in [0.717, 1.165) is 0 Å². The Morgan fingerprint density at radius 2 is 1.83 bits per heavy atom. The van der Waals surface area contributed by atoms with Gasteiger partial charge in [0.15, 0.2) is 23.1 Å². The molecule has 1 aliphatic heterocycles. The zero-order valence-corrected chi connectivity index (χ0v) is 10.3. The molecule has 0 amide bonds. The second-order valence-electron chi connectivity index (χ2n) is 3.89. The van der Waals surface area contributed by atoms with E-state index in [0.29, 0.717) is 19.7 Å². The molecule has 1 aromatic carbocycles. The van der Waals surface area contributed by atoms with E-state index in [4.69, 9.17) is 14.2 Å². The third kappa shape index (κ3) is 2.26. The number of halogens is 2. The van der Waals surface area contributed by atoms with Crippen molar-refractivity contribution in [3.63, 3.8) is 0 Å². The van der Waals surface area contributed by atoms with Crippen LogP contribution in [0.2, 0.25) is 0 Å². The van der Waals surface area contributed by atoms with Crippen LogP contribution in [0.1, 0.15) is 11.7 Å². The van der Waals surface area contributed by atoms with E-state index >= 15 is 0 Å². The molecular weight excluding hydrogens is 244 g/mol. The lowest BCUT2D eigenvalue weighted by molar-refractivity contribution is 0.0226. The van der Waals surface area contributed by atoms with Crippen LogP contribution >= 0.6 is 0 Å². The molecule has 1 N–H and O–H groups in total. The Kier molecular flexibility index (Phi) is 3.98. The predicted octanol–water partition coefficient (Wildman–Crippen LogP) is 1.64. The quantitative estimate of drug-likeness (QED) is 0.896. The van der Waals surface area contributed by atoms with E-state index in [-0.39, 0.29) is 17.1 Å². The summed E-state index contributed by atoms with van der Waals surface area (Å²) in [5.41, 5.74) is -0.154. The van der Waals surface area contributed by atoms with Crippen molar-refractivity contribution in [3.8, 4) is 11.5 Å². The third-order valence-electron chi connectivity index (χ3n) is 2.86. The van der Waals surface area contributed by atoms with Gasteiger partial charge < -0.3 is 19.5 Å². The molecule has 0 radical (unpaired) electrons. The Morgan fingerprint density at radius 1 is 1.22 bits per heavy atom. The second-order valence-corrected chi connectivity index (χ2v) is 3.89. The fourth-order valence-electron chi connectivity index (χ4n) is 1.94. The maximum absolute atomic E-state index is 14.1. The SMILES string of the molecule is COc1cc(OC)c(F)c(C2CNCCO2)c1F. The number of rotatable bonds is 3. The maximum Gasteiger partial charge on any atom is 0.174 e. The number of hydrogen-bond acceptors (Lipinski definition) is 4. The predicted molar refractivity (Wildman–Crippen MR) is 61.0 cm³/mol. The average Bonchev–Trinajstić information content (AvgIpc) is 2.40. The molecule has 1 atom stereocenters. The highest BCUT2D eigenvalue weighted by molar-refractivity contribution is 5.43. The summed E-state index contributed by atoms with van der Waals surface area (Å²) in [6.07, 6.45) is -0.678. The normalized spacial score (nSPS) is 19.7. The molecule has 0 spiro atoms. The van der Waals surface area contributed by atoms with Gasteiger partial charge in [-0.25, -0.2) is 8.78 Å². The minimum absolute atomic E-state index is 0.0579. The standard InChI is InChI=1S/C12H15F2NO3/c1-16-7-5-8(17-2)12(14)10(11(7)13)9-6-15-3-4-18-9/h5,9,15H,3-4,6H2,1-2H3. The van der Waals surface area contributed by atoms with Gasteiger partial charge in [-0.15, -0.1) is 0 Å². The summed E-state index contributed by atoms with van der Waals surface area (Å²) in [6, 6.07) is 1.18. The molecule has 100 valence electrons. The number of morpholine rings is 1. The lowest BCUT2D eigenvalue weighted by Crippen LogP contribution is -2.34. The van der Waals surface area contributed by atoms with Crippen LogP contribution in [0.25, 0.3) is 0 Å². The Balaban J connectivity index is 2.48. The van der Waals surface area contributed by atoms with Crippen LogP contribution < -0.4 is 14.8 Å². The summed E-state index contributed by atoms with van der Waals surface area (Å²) < 4.78 is 43.3. The highest BCUT2D eigenvalue weighted by Crippen LogP contribution is 2.36. The first-order chi connectivity index (χ1) is 8.69. The number of hydrogen-bond donors (Lipinski definition) is 1. The minimum Gasteiger partial charge on any atom is -0.494 e. The Hall–Kier alpha value is -1.40. The highest BCUT2D eigenvalue weighted by atomic mass is 19.1. The highest BCUT2D eigenvalue weighted by Gasteiger charge is 2.28. The number of nitrogens with one attached hydrogen (secondary N) is 1. The zero-order valence-electron chi connectivity index (χ0n) is 10.3. The van der Waals surface area contributed by atoms with Crippen LogP contribution in [0.15, 0.2) is 6.07 Å². The molecule has 1 fully saturated rings. The molecule has 1 saturated heterocycles. The van der Waals surface area contributed by atoms with E-state index < -0.39 is 17.7 Å². The van der Waals surface area contributed by atoms with Gasteiger partial charge in [-0.3, -0.25) is 0 Å². The van der Waals surface area contributed by atoms with Crippen LogP contribution in [0.4, 0.5) is 8.78 Å². The molecule has 0 aromatic heterocycles. The summed E-state index contributed by atoms with van der Waals surface area (Å²) in [4.78, 5) is 0. The molecule has 1 heterocycles. The molecule has 1 aromatic rings. The van der Waals surface area contributed by atoms with Gasteiger partial charge in [-0.05, 0) is 0 Å². The van der Waals surface area contributed by atoms with Crippen molar-refractivity contribution in [2.24, 2.45) is 0 Å². The lowest BCUT2D eigenvalue weighted by Gasteiger charge is -2.25. The molecule has 4 nitrogen and oxygen atoms in total. The summed E-state index contributed by atoms with van der Waals surface area (Å²) in [5.74, 6) is -1.61. The van der Waals surface area contributed by atoms with Crippen LogP contribution in [0.5, 0.6) is 11.5 Å². The Morgan fingerprint density at radius 3 is 2.28 bits per heavy atom. The molecule has 6 heteroatoms. The topological polar surface area (TPSA) is 39.7 Å². The summed E-state index contributed by atoms with van der Waals surface area (Å²) in [6.45, 7) is 1.42. The fourth-order valence-corrected chi connectivity index (χ4v) is 1.94. The van der Waals surface area contributed by atoms with Crippen molar-refractivity contribution in [3.05, 3.63) is 23.3 Å².